The van der Waals surface area contributed by atoms with E-state index in [2.05, 4.69) is 17.2 Å². The summed E-state index contributed by atoms with van der Waals surface area (Å²) in [5.41, 5.74) is 0.957. The van der Waals surface area contributed by atoms with Crippen molar-refractivity contribution in [1.82, 2.24) is 5.32 Å². The third-order valence-electron chi connectivity index (χ3n) is 2.30. The number of aliphatic imine (C=N–C) groups is 1. The van der Waals surface area contributed by atoms with Crippen LogP contribution in [0.1, 0.15) is 12.5 Å². The van der Waals surface area contributed by atoms with Gasteiger partial charge >= 0.3 is 0 Å². The molecule has 1 N–H and O–H groups in total. The Balaban J connectivity index is 2.19. The number of amidine groups is 1. The van der Waals surface area contributed by atoms with Crippen molar-refractivity contribution in [1.29, 1.82) is 0 Å². The molecule has 0 fully saturated rings. The molecule has 2 nitrogen and oxygen atoms in total. The Bertz CT molecular complexity index is 343. The second-order valence-corrected chi connectivity index (χ2v) is 3.68. The molecule has 3 heteroatoms. The Hall–Kier alpha value is -1.38. The minimum Gasteiger partial charge on any atom is -0.370 e. The highest BCUT2D eigenvalue weighted by Gasteiger charge is 2.11. The summed E-state index contributed by atoms with van der Waals surface area (Å²) in [7, 11) is 0. The molecule has 1 heterocycles. The molecule has 0 amide bonds. The summed E-state index contributed by atoms with van der Waals surface area (Å²) in [6, 6.07) is 6.41. The standard InChI is InChI=1S/C11H13FN2/c1-8-6-13-11(14-7-8)9-2-4-10(12)5-3-9/h2-5,8H,6-7H2,1H3,(H,13,14). The molecule has 0 aromatic heterocycles. The van der Waals surface area contributed by atoms with Crippen LogP contribution in [0.2, 0.25) is 0 Å². The van der Waals surface area contributed by atoms with Crippen LogP contribution in [0, 0.1) is 11.7 Å². The van der Waals surface area contributed by atoms with Crippen LogP contribution in [0.25, 0.3) is 0 Å². The van der Waals surface area contributed by atoms with E-state index < -0.39 is 0 Å². The second kappa shape index (κ2) is 3.78. The van der Waals surface area contributed by atoms with Crippen molar-refractivity contribution in [3.05, 3.63) is 35.6 Å². The van der Waals surface area contributed by atoms with Crippen molar-refractivity contribution in [3.8, 4) is 0 Å². The molecular formula is C11H13FN2. The zero-order valence-corrected chi connectivity index (χ0v) is 8.13. The van der Waals surface area contributed by atoms with Crippen molar-refractivity contribution in [2.45, 2.75) is 6.92 Å². The van der Waals surface area contributed by atoms with E-state index in [1.54, 1.807) is 12.1 Å². The molecule has 1 aromatic carbocycles. The number of nitrogens with one attached hydrogen (secondary N) is 1. The fourth-order valence-electron chi connectivity index (χ4n) is 1.44. The van der Waals surface area contributed by atoms with Gasteiger partial charge < -0.3 is 5.32 Å². The van der Waals surface area contributed by atoms with Crippen LogP contribution >= 0.6 is 0 Å². The second-order valence-electron chi connectivity index (χ2n) is 3.68. The first-order valence-corrected chi connectivity index (χ1v) is 4.80. The van der Waals surface area contributed by atoms with Crippen LogP contribution in [0.15, 0.2) is 29.3 Å². The maximum absolute atomic E-state index is 12.7. The Kier molecular flexibility index (Phi) is 2.48. The minimum atomic E-state index is -0.210. The maximum atomic E-state index is 12.7. The van der Waals surface area contributed by atoms with E-state index in [9.17, 15) is 4.39 Å². The lowest BCUT2D eigenvalue weighted by Gasteiger charge is -2.19. The summed E-state index contributed by atoms with van der Waals surface area (Å²) in [4.78, 5) is 4.39. The van der Waals surface area contributed by atoms with Crippen LogP contribution in [-0.2, 0) is 0 Å². The number of benzene rings is 1. The van der Waals surface area contributed by atoms with Crippen LogP contribution in [0.5, 0.6) is 0 Å². The van der Waals surface area contributed by atoms with Crippen molar-refractivity contribution < 1.29 is 4.39 Å². The first-order chi connectivity index (χ1) is 6.75. The number of nitrogens with zero attached hydrogens (tertiary/aromatic N) is 1. The van der Waals surface area contributed by atoms with Gasteiger partial charge in [-0.3, -0.25) is 4.99 Å². The van der Waals surface area contributed by atoms with Gasteiger partial charge in [-0.1, -0.05) is 6.92 Å². The van der Waals surface area contributed by atoms with Gasteiger partial charge in [-0.25, -0.2) is 4.39 Å². The largest absolute Gasteiger partial charge is 0.370 e. The molecule has 0 saturated heterocycles. The fourth-order valence-corrected chi connectivity index (χ4v) is 1.44. The summed E-state index contributed by atoms with van der Waals surface area (Å²) < 4.78 is 12.7. The highest BCUT2D eigenvalue weighted by molar-refractivity contribution is 5.99. The molecule has 0 bridgehead atoms. The lowest BCUT2D eigenvalue weighted by molar-refractivity contribution is 0.554. The monoisotopic (exact) mass is 192 g/mol. The molecule has 1 aromatic rings. The number of rotatable bonds is 1. The van der Waals surface area contributed by atoms with Crippen LogP contribution < -0.4 is 5.32 Å². The van der Waals surface area contributed by atoms with Crippen LogP contribution in [0.3, 0.4) is 0 Å². The molecule has 14 heavy (non-hydrogen) atoms. The van der Waals surface area contributed by atoms with Gasteiger partial charge in [0.25, 0.3) is 0 Å². The molecule has 0 spiro atoms. The van der Waals surface area contributed by atoms with Gasteiger partial charge in [0.1, 0.15) is 11.7 Å². The van der Waals surface area contributed by atoms with Gasteiger partial charge in [0.05, 0.1) is 0 Å². The summed E-state index contributed by atoms with van der Waals surface area (Å²) in [5.74, 6) is 1.25. The molecule has 1 aliphatic rings. The van der Waals surface area contributed by atoms with Gasteiger partial charge in [-0.2, -0.15) is 0 Å². The molecule has 1 unspecified atom stereocenters. The lowest BCUT2D eigenvalue weighted by atomic mass is 10.1. The minimum absolute atomic E-state index is 0.210. The molecule has 74 valence electrons. The van der Waals surface area contributed by atoms with Gasteiger partial charge in [-0.05, 0) is 30.2 Å². The molecule has 2 rings (SSSR count). The summed E-state index contributed by atoms with van der Waals surface area (Å²) in [6.45, 7) is 3.94. The fraction of sp³-hybridized carbons (Fsp3) is 0.364. The van der Waals surface area contributed by atoms with Crippen molar-refractivity contribution in [3.63, 3.8) is 0 Å². The quantitative estimate of drug-likeness (QED) is 0.721. The van der Waals surface area contributed by atoms with E-state index in [0.717, 1.165) is 24.5 Å². The molecule has 1 atom stereocenters. The normalized spacial score (nSPS) is 21.3. The SMILES string of the molecule is CC1CN=C(c2ccc(F)cc2)NC1. The average Bonchev–Trinajstić information content (AvgIpc) is 2.21. The number of hydrogen-bond acceptors (Lipinski definition) is 2. The Morgan fingerprint density at radius 3 is 2.64 bits per heavy atom. The smallest absolute Gasteiger partial charge is 0.128 e. The maximum Gasteiger partial charge on any atom is 0.128 e. The summed E-state index contributed by atoms with van der Waals surface area (Å²) in [5, 5.41) is 3.23. The molecule has 1 aliphatic heterocycles. The predicted molar refractivity (Wildman–Crippen MR) is 55.0 cm³/mol. The van der Waals surface area contributed by atoms with Crippen molar-refractivity contribution >= 4 is 5.84 Å². The van der Waals surface area contributed by atoms with E-state index in [1.807, 2.05) is 0 Å². The Morgan fingerprint density at radius 2 is 2.07 bits per heavy atom. The highest BCUT2D eigenvalue weighted by atomic mass is 19.1. The van der Waals surface area contributed by atoms with E-state index in [1.165, 1.54) is 12.1 Å². The Morgan fingerprint density at radius 1 is 1.36 bits per heavy atom. The third kappa shape index (κ3) is 1.92. The lowest BCUT2D eigenvalue weighted by Crippen LogP contribution is -2.35. The first kappa shape index (κ1) is 9.19. The van der Waals surface area contributed by atoms with Gasteiger partial charge in [0, 0.05) is 18.7 Å². The van der Waals surface area contributed by atoms with E-state index in [-0.39, 0.29) is 5.82 Å². The molecule has 0 radical (unpaired) electrons. The predicted octanol–water partition coefficient (Wildman–Crippen LogP) is 1.81. The van der Waals surface area contributed by atoms with Crippen molar-refractivity contribution in [2.24, 2.45) is 10.9 Å². The number of hydrogen-bond donors (Lipinski definition) is 1. The Labute approximate surface area is 82.9 Å². The van der Waals surface area contributed by atoms with E-state index in [0.29, 0.717) is 5.92 Å². The summed E-state index contributed by atoms with van der Waals surface area (Å²) >= 11 is 0. The molecular weight excluding hydrogens is 179 g/mol. The summed E-state index contributed by atoms with van der Waals surface area (Å²) in [6.07, 6.45) is 0. The van der Waals surface area contributed by atoms with E-state index >= 15 is 0 Å². The zero-order chi connectivity index (χ0) is 9.97. The average molecular weight is 192 g/mol. The molecule has 0 saturated carbocycles. The van der Waals surface area contributed by atoms with Crippen LogP contribution in [-0.4, -0.2) is 18.9 Å². The van der Waals surface area contributed by atoms with Gasteiger partial charge in [-0.15, -0.1) is 0 Å². The molecule has 0 aliphatic carbocycles. The van der Waals surface area contributed by atoms with Gasteiger partial charge in [0.2, 0.25) is 0 Å². The zero-order valence-electron chi connectivity index (χ0n) is 8.13. The van der Waals surface area contributed by atoms with E-state index in [4.69, 9.17) is 0 Å². The van der Waals surface area contributed by atoms with Crippen molar-refractivity contribution in [2.75, 3.05) is 13.1 Å². The third-order valence-corrected chi connectivity index (χ3v) is 2.30. The van der Waals surface area contributed by atoms with Gasteiger partial charge in [0.15, 0.2) is 0 Å². The van der Waals surface area contributed by atoms with Crippen LogP contribution in [0.4, 0.5) is 4.39 Å². The highest BCUT2D eigenvalue weighted by Crippen LogP contribution is 2.07. The topological polar surface area (TPSA) is 24.4 Å². The number of halogens is 1. The first-order valence-electron chi connectivity index (χ1n) is 4.80.